The van der Waals surface area contributed by atoms with Crippen LogP contribution < -0.4 is 11.0 Å². The lowest BCUT2D eigenvalue weighted by atomic mass is 9.92. The number of nitrogens with zero attached hydrogens (tertiary/aromatic N) is 5. The van der Waals surface area contributed by atoms with E-state index in [0.29, 0.717) is 68.8 Å². The molecule has 2 aliphatic rings. The number of aromatic nitrogens is 5. The number of rotatable bonds is 5. The van der Waals surface area contributed by atoms with E-state index in [9.17, 15) is 23.5 Å². The molecule has 1 fully saturated rings. The number of benzene rings is 1. The molecule has 6 rings (SSSR count). The summed E-state index contributed by atoms with van der Waals surface area (Å²) in [5.41, 5.74) is 2.17. The summed E-state index contributed by atoms with van der Waals surface area (Å²) in [6.45, 7) is 1.25. The van der Waals surface area contributed by atoms with Gasteiger partial charge in [0.25, 0.3) is 0 Å². The third-order valence-corrected chi connectivity index (χ3v) is 8.18. The average Bonchev–Trinajstić information content (AvgIpc) is 3.45. The maximum Gasteiger partial charge on any atom is 0.327 e. The maximum absolute atomic E-state index is 14.7. The summed E-state index contributed by atoms with van der Waals surface area (Å²) >= 11 is 0. The summed E-state index contributed by atoms with van der Waals surface area (Å²) in [4.78, 5) is 39.3. The van der Waals surface area contributed by atoms with E-state index in [1.807, 2.05) is 10.6 Å². The summed E-state index contributed by atoms with van der Waals surface area (Å²) < 4.78 is 32.4. The number of halogens is 2. The van der Waals surface area contributed by atoms with Gasteiger partial charge in [-0.3, -0.25) is 9.55 Å². The first-order valence-corrected chi connectivity index (χ1v) is 13.6. The van der Waals surface area contributed by atoms with Crippen molar-refractivity contribution in [3.8, 4) is 0 Å². The highest BCUT2D eigenvalue weighted by Crippen LogP contribution is 2.35. The van der Waals surface area contributed by atoms with Crippen molar-refractivity contribution < 1.29 is 18.7 Å². The van der Waals surface area contributed by atoms with Gasteiger partial charge < -0.3 is 19.9 Å². The van der Waals surface area contributed by atoms with Crippen LogP contribution in [0.15, 0.2) is 47.5 Å². The standard InChI is InChI=1S/C28H31F2N7O3/c29-21-4-1-3-20(24(21)30)17-6-7-22(26-32-15-19(10-14-38)36(26)16-17)33-27(39)35-12-8-18(9-13-35)37-23-5-2-11-31-25(23)34-28(37)40/h1-5,11,15,17-18,22,38H,6-10,12-14,16H2,(H,33,39)(H,31,34,40)/t17-,22-/m1/s1. The molecule has 4 aromatic rings. The second-order valence-electron chi connectivity index (χ2n) is 10.5. The molecule has 0 spiro atoms. The molecule has 210 valence electrons. The number of pyridine rings is 1. The first kappa shape index (κ1) is 26.2. The summed E-state index contributed by atoms with van der Waals surface area (Å²) in [6, 6.07) is 7.16. The van der Waals surface area contributed by atoms with Crippen molar-refractivity contribution in [2.24, 2.45) is 0 Å². The molecule has 5 heterocycles. The number of fused-ring (bicyclic) bond motifs is 2. The van der Waals surface area contributed by atoms with Gasteiger partial charge in [-0.15, -0.1) is 0 Å². The van der Waals surface area contributed by atoms with Crippen LogP contribution in [-0.4, -0.2) is 59.8 Å². The first-order chi connectivity index (χ1) is 19.4. The number of likely N-dealkylation sites (tertiary alicyclic amines) is 1. The zero-order valence-corrected chi connectivity index (χ0v) is 21.9. The second-order valence-corrected chi connectivity index (χ2v) is 10.5. The molecule has 0 saturated carbocycles. The predicted molar refractivity (Wildman–Crippen MR) is 143 cm³/mol. The van der Waals surface area contributed by atoms with E-state index in [-0.39, 0.29) is 30.3 Å². The van der Waals surface area contributed by atoms with Gasteiger partial charge in [-0.2, -0.15) is 0 Å². The number of aliphatic hydroxyl groups excluding tert-OH is 1. The smallest absolute Gasteiger partial charge is 0.327 e. The molecule has 2 atom stereocenters. The van der Waals surface area contributed by atoms with Gasteiger partial charge in [-0.25, -0.2) is 28.3 Å². The van der Waals surface area contributed by atoms with Crippen molar-refractivity contribution >= 4 is 17.2 Å². The molecule has 3 N–H and O–H groups in total. The largest absolute Gasteiger partial charge is 0.396 e. The molecule has 10 nitrogen and oxygen atoms in total. The Bertz CT molecular complexity index is 1590. The summed E-state index contributed by atoms with van der Waals surface area (Å²) in [5, 5.41) is 12.7. The molecule has 1 aromatic carbocycles. The Morgan fingerprint density at radius 2 is 1.93 bits per heavy atom. The van der Waals surface area contributed by atoms with E-state index < -0.39 is 17.7 Å². The predicted octanol–water partition coefficient (Wildman–Crippen LogP) is 3.40. The number of aromatic amines is 1. The zero-order valence-electron chi connectivity index (χ0n) is 21.9. The van der Waals surface area contributed by atoms with Gasteiger partial charge in [0, 0.05) is 62.7 Å². The summed E-state index contributed by atoms with van der Waals surface area (Å²) in [7, 11) is 0. The van der Waals surface area contributed by atoms with Crippen LogP contribution in [0.4, 0.5) is 13.6 Å². The molecular formula is C28H31F2N7O3. The van der Waals surface area contributed by atoms with Gasteiger partial charge in [0.2, 0.25) is 0 Å². The first-order valence-electron chi connectivity index (χ1n) is 13.6. The highest BCUT2D eigenvalue weighted by Gasteiger charge is 2.32. The zero-order chi connectivity index (χ0) is 27.8. The van der Waals surface area contributed by atoms with Crippen LogP contribution in [-0.2, 0) is 13.0 Å². The number of amides is 2. The Hall–Kier alpha value is -4.06. The van der Waals surface area contributed by atoms with Crippen molar-refractivity contribution in [2.45, 2.75) is 56.7 Å². The Kier molecular flexibility index (Phi) is 7.09. The van der Waals surface area contributed by atoms with E-state index in [4.69, 9.17) is 0 Å². The van der Waals surface area contributed by atoms with Crippen LogP contribution in [0.2, 0.25) is 0 Å². The number of hydrogen-bond donors (Lipinski definition) is 3. The minimum absolute atomic E-state index is 0.0470. The fraction of sp³-hybridized carbons (Fsp3) is 0.429. The minimum Gasteiger partial charge on any atom is -0.396 e. The van der Waals surface area contributed by atoms with E-state index in [0.717, 1.165) is 17.3 Å². The minimum atomic E-state index is -0.886. The van der Waals surface area contributed by atoms with Crippen LogP contribution in [0.1, 0.15) is 60.8 Å². The molecular weight excluding hydrogens is 520 g/mol. The normalized spacial score (nSPS) is 19.9. The number of aliphatic hydroxyl groups is 1. The van der Waals surface area contributed by atoms with Gasteiger partial charge in [0.1, 0.15) is 5.82 Å². The Morgan fingerprint density at radius 1 is 1.10 bits per heavy atom. The fourth-order valence-corrected chi connectivity index (χ4v) is 6.15. The third kappa shape index (κ3) is 4.76. The molecule has 0 bridgehead atoms. The number of carbonyl (C=O) groups is 1. The van der Waals surface area contributed by atoms with Gasteiger partial charge in [0.05, 0.1) is 11.6 Å². The van der Waals surface area contributed by atoms with Crippen LogP contribution >= 0.6 is 0 Å². The summed E-state index contributed by atoms with van der Waals surface area (Å²) in [6.07, 6.45) is 5.93. The molecule has 2 aliphatic heterocycles. The highest BCUT2D eigenvalue weighted by atomic mass is 19.2. The topological polar surface area (TPSA) is 121 Å². The Labute approximate surface area is 228 Å². The van der Waals surface area contributed by atoms with E-state index >= 15 is 0 Å². The van der Waals surface area contributed by atoms with Crippen molar-refractivity contribution in [2.75, 3.05) is 19.7 Å². The number of hydrogen-bond acceptors (Lipinski definition) is 5. The van der Waals surface area contributed by atoms with Gasteiger partial charge in [-0.1, -0.05) is 12.1 Å². The lowest BCUT2D eigenvalue weighted by Crippen LogP contribution is -2.46. The molecule has 0 aliphatic carbocycles. The van der Waals surface area contributed by atoms with Crippen LogP contribution in [0, 0.1) is 11.6 Å². The second kappa shape index (κ2) is 10.8. The van der Waals surface area contributed by atoms with Crippen LogP contribution in [0.3, 0.4) is 0 Å². The number of carbonyl (C=O) groups excluding carboxylic acids is 1. The van der Waals surface area contributed by atoms with Crippen molar-refractivity contribution in [3.63, 3.8) is 0 Å². The van der Waals surface area contributed by atoms with Crippen molar-refractivity contribution in [3.05, 3.63) is 81.9 Å². The Morgan fingerprint density at radius 3 is 2.73 bits per heavy atom. The molecule has 0 unspecified atom stereocenters. The number of H-pyrrole nitrogens is 1. The van der Waals surface area contributed by atoms with Gasteiger partial charge in [-0.05, 0) is 49.4 Å². The van der Waals surface area contributed by atoms with Crippen molar-refractivity contribution in [1.29, 1.82) is 0 Å². The lowest BCUT2D eigenvalue weighted by Gasteiger charge is -2.33. The average molecular weight is 552 g/mol. The third-order valence-electron chi connectivity index (χ3n) is 8.18. The summed E-state index contributed by atoms with van der Waals surface area (Å²) in [5.74, 6) is -1.41. The number of nitrogens with one attached hydrogen (secondary N) is 2. The SMILES string of the molecule is O=C(N[C@@H]1CC[C@@H](c2cccc(F)c2F)Cn2c(CCO)cnc21)N1CCC(n2c(=O)[nH]c3ncccc32)CC1. The molecule has 0 radical (unpaired) electrons. The van der Waals surface area contributed by atoms with Gasteiger partial charge in [0.15, 0.2) is 17.3 Å². The van der Waals surface area contributed by atoms with Crippen molar-refractivity contribution in [1.82, 2.24) is 34.3 Å². The van der Waals surface area contributed by atoms with E-state index in [1.54, 1.807) is 34.0 Å². The van der Waals surface area contributed by atoms with Crippen LogP contribution in [0.5, 0.6) is 0 Å². The number of imidazole rings is 2. The molecule has 1 saturated heterocycles. The van der Waals surface area contributed by atoms with E-state index in [2.05, 4.69) is 20.3 Å². The fourth-order valence-electron chi connectivity index (χ4n) is 6.15. The van der Waals surface area contributed by atoms with Gasteiger partial charge >= 0.3 is 11.7 Å². The molecule has 3 aromatic heterocycles. The highest BCUT2D eigenvalue weighted by molar-refractivity contribution is 5.75. The molecule has 12 heteroatoms. The number of urea groups is 1. The monoisotopic (exact) mass is 551 g/mol. The molecule has 40 heavy (non-hydrogen) atoms. The van der Waals surface area contributed by atoms with E-state index in [1.165, 1.54) is 6.07 Å². The number of piperidine rings is 1. The molecule has 2 amide bonds. The Balaban J connectivity index is 1.18. The maximum atomic E-state index is 14.7. The van der Waals surface area contributed by atoms with Crippen LogP contribution in [0.25, 0.3) is 11.2 Å². The quantitative estimate of drug-likeness (QED) is 0.351. The lowest BCUT2D eigenvalue weighted by molar-refractivity contribution is 0.167.